The molecule has 0 aromatic carbocycles. The SMILES string of the molecule is C1=C[SH](C(c2cccs2)[SH]2C=CC=C2)C=C1. The van der Waals surface area contributed by atoms with Gasteiger partial charge >= 0.3 is 0 Å². The second-order valence-electron chi connectivity index (χ2n) is 3.65. The molecule has 84 valence electrons. The van der Waals surface area contributed by atoms with Crippen LogP contribution in [0.5, 0.6) is 0 Å². The maximum atomic E-state index is 2.39. The van der Waals surface area contributed by atoms with Crippen LogP contribution in [0.4, 0.5) is 0 Å². The summed E-state index contributed by atoms with van der Waals surface area (Å²) in [6.07, 6.45) is 8.80. The topological polar surface area (TPSA) is 0 Å². The molecule has 0 atom stereocenters. The fourth-order valence-corrected chi connectivity index (χ4v) is 8.56. The van der Waals surface area contributed by atoms with Crippen LogP contribution in [0, 0.1) is 0 Å². The Morgan fingerprint density at radius 3 is 1.88 bits per heavy atom. The molecular formula is C13H14S3. The molecule has 0 spiro atoms. The molecule has 1 aromatic rings. The first-order chi connectivity index (χ1) is 7.95. The molecular weight excluding hydrogens is 252 g/mol. The van der Waals surface area contributed by atoms with Gasteiger partial charge in [0.05, 0.1) is 4.58 Å². The Bertz CT molecular complexity index is 413. The Morgan fingerprint density at radius 2 is 1.44 bits per heavy atom. The summed E-state index contributed by atoms with van der Waals surface area (Å²) in [5, 5.41) is 11.8. The van der Waals surface area contributed by atoms with Crippen molar-refractivity contribution in [1.29, 1.82) is 0 Å². The van der Waals surface area contributed by atoms with Crippen LogP contribution in [-0.4, -0.2) is 0 Å². The monoisotopic (exact) mass is 266 g/mol. The van der Waals surface area contributed by atoms with E-state index in [4.69, 9.17) is 0 Å². The average Bonchev–Trinajstić information content (AvgIpc) is 3.02. The quantitative estimate of drug-likeness (QED) is 0.719. The molecule has 0 unspecified atom stereocenters. The highest BCUT2D eigenvalue weighted by Crippen LogP contribution is 2.63. The fourth-order valence-electron chi connectivity index (χ4n) is 1.91. The molecule has 0 aliphatic carbocycles. The Hall–Kier alpha value is -0.640. The zero-order valence-electron chi connectivity index (χ0n) is 8.73. The molecule has 0 bridgehead atoms. The Labute approximate surface area is 106 Å². The van der Waals surface area contributed by atoms with Crippen molar-refractivity contribution in [3.05, 3.63) is 68.3 Å². The summed E-state index contributed by atoms with van der Waals surface area (Å²) in [6, 6.07) is 4.46. The largest absolute Gasteiger partial charge is 0.197 e. The average molecular weight is 266 g/mol. The van der Waals surface area contributed by atoms with E-state index >= 15 is 0 Å². The number of thiophene rings is 1. The van der Waals surface area contributed by atoms with Crippen LogP contribution in [0.25, 0.3) is 0 Å². The lowest BCUT2D eigenvalue weighted by molar-refractivity contribution is 1.49. The first-order valence-electron chi connectivity index (χ1n) is 5.23. The van der Waals surface area contributed by atoms with E-state index in [1.165, 1.54) is 0 Å². The van der Waals surface area contributed by atoms with Crippen molar-refractivity contribution in [2.24, 2.45) is 0 Å². The predicted molar refractivity (Wildman–Crippen MR) is 81.6 cm³/mol. The first kappa shape index (κ1) is 10.5. The molecule has 0 radical (unpaired) electrons. The molecule has 2 aliphatic heterocycles. The van der Waals surface area contributed by atoms with Crippen LogP contribution in [0.3, 0.4) is 0 Å². The minimum atomic E-state index is -0.0945. The second kappa shape index (κ2) is 4.70. The number of allylic oxidation sites excluding steroid dienone is 4. The van der Waals surface area contributed by atoms with Crippen LogP contribution in [0.1, 0.15) is 9.46 Å². The predicted octanol–water partition coefficient (Wildman–Crippen LogP) is 4.83. The van der Waals surface area contributed by atoms with Crippen molar-refractivity contribution in [3.63, 3.8) is 0 Å². The van der Waals surface area contributed by atoms with E-state index in [0.29, 0.717) is 4.58 Å². The van der Waals surface area contributed by atoms with Crippen LogP contribution in [-0.2, 0) is 0 Å². The van der Waals surface area contributed by atoms with Gasteiger partial charge in [0, 0.05) is 4.88 Å². The summed E-state index contributed by atoms with van der Waals surface area (Å²) < 4.78 is 0.704. The number of hydrogen-bond acceptors (Lipinski definition) is 1. The van der Waals surface area contributed by atoms with Gasteiger partial charge in [-0.3, -0.25) is 0 Å². The minimum absolute atomic E-state index is 0.0945. The number of hydrogen-bond donors (Lipinski definition) is 2. The van der Waals surface area contributed by atoms with Gasteiger partial charge in [0.1, 0.15) is 0 Å². The van der Waals surface area contributed by atoms with E-state index in [1.54, 1.807) is 4.88 Å². The van der Waals surface area contributed by atoms with Gasteiger partial charge in [0.25, 0.3) is 0 Å². The maximum absolute atomic E-state index is 2.39. The first-order valence-corrected chi connectivity index (χ1v) is 9.21. The zero-order valence-corrected chi connectivity index (χ0v) is 11.3. The Balaban J connectivity index is 1.94. The summed E-state index contributed by atoms with van der Waals surface area (Å²) in [4.78, 5) is 1.55. The van der Waals surface area contributed by atoms with Gasteiger partial charge in [-0.2, -0.15) is 21.8 Å². The van der Waals surface area contributed by atoms with Gasteiger partial charge in [-0.05, 0) is 33.1 Å². The molecule has 0 saturated carbocycles. The van der Waals surface area contributed by atoms with Gasteiger partial charge in [-0.25, -0.2) is 0 Å². The fraction of sp³-hybridized carbons (Fsp3) is 0.0769. The van der Waals surface area contributed by atoms with E-state index in [2.05, 4.69) is 63.4 Å². The van der Waals surface area contributed by atoms with Gasteiger partial charge in [0.15, 0.2) is 0 Å². The van der Waals surface area contributed by atoms with Crippen LogP contribution in [0.15, 0.2) is 63.4 Å². The van der Waals surface area contributed by atoms with Gasteiger partial charge < -0.3 is 0 Å². The molecule has 2 aliphatic rings. The highest BCUT2D eigenvalue weighted by atomic mass is 32.3. The summed E-state index contributed by atoms with van der Waals surface area (Å²) >= 11 is 1.90. The summed E-state index contributed by atoms with van der Waals surface area (Å²) in [5.74, 6) is 0. The molecule has 0 amide bonds. The van der Waals surface area contributed by atoms with E-state index in [0.717, 1.165) is 0 Å². The lowest BCUT2D eigenvalue weighted by Gasteiger charge is -2.29. The standard InChI is InChI=1S/C13H14S3/c1-2-9-15(8-1)13(12-6-5-7-14-12)16-10-3-4-11-16/h1-11,13,15-16H. The van der Waals surface area contributed by atoms with E-state index in [-0.39, 0.29) is 21.8 Å². The van der Waals surface area contributed by atoms with E-state index in [9.17, 15) is 0 Å². The molecule has 1 aromatic heterocycles. The third-order valence-electron chi connectivity index (χ3n) is 2.62. The highest BCUT2D eigenvalue weighted by Gasteiger charge is 2.23. The molecule has 0 fully saturated rings. The van der Waals surface area contributed by atoms with E-state index < -0.39 is 0 Å². The van der Waals surface area contributed by atoms with Crippen LogP contribution in [0.2, 0.25) is 0 Å². The smallest absolute Gasteiger partial charge is 0.0621 e. The van der Waals surface area contributed by atoms with Crippen LogP contribution >= 0.6 is 33.1 Å². The lowest BCUT2D eigenvalue weighted by Crippen LogP contribution is -1.91. The van der Waals surface area contributed by atoms with E-state index in [1.807, 2.05) is 11.3 Å². The van der Waals surface area contributed by atoms with Gasteiger partial charge in [-0.15, -0.1) is 11.3 Å². The molecule has 3 heteroatoms. The highest BCUT2D eigenvalue weighted by molar-refractivity contribution is 8.38. The third kappa shape index (κ3) is 1.95. The van der Waals surface area contributed by atoms with Crippen molar-refractivity contribution >= 4 is 33.1 Å². The number of rotatable bonds is 3. The zero-order chi connectivity index (χ0) is 10.8. The molecule has 3 heterocycles. The molecule has 0 saturated heterocycles. The lowest BCUT2D eigenvalue weighted by atomic mass is 10.5. The van der Waals surface area contributed by atoms with Gasteiger partial charge in [0.2, 0.25) is 0 Å². The molecule has 16 heavy (non-hydrogen) atoms. The van der Waals surface area contributed by atoms with Crippen molar-refractivity contribution in [2.75, 3.05) is 0 Å². The summed E-state index contributed by atoms with van der Waals surface area (Å²) in [7, 11) is -0.189. The van der Waals surface area contributed by atoms with Gasteiger partial charge in [-0.1, -0.05) is 30.4 Å². The molecule has 0 N–H and O–H groups in total. The second-order valence-corrected chi connectivity index (χ2v) is 9.05. The molecule has 0 nitrogen and oxygen atoms in total. The van der Waals surface area contributed by atoms with Crippen molar-refractivity contribution in [3.8, 4) is 0 Å². The maximum Gasteiger partial charge on any atom is 0.0621 e. The summed E-state index contributed by atoms with van der Waals surface area (Å²) in [6.45, 7) is 0. The number of thiol groups is 2. The Morgan fingerprint density at radius 1 is 0.875 bits per heavy atom. The van der Waals surface area contributed by atoms with Crippen molar-refractivity contribution in [1.82, 2.24) is 0 Å². The van der Waals surface area contributed by atoms with Crippen molar-refractivity contribution < 1.29 is 0 Å². The Kier molecular flexibility index (Phi) is 3.09. The minimum Gasteiger partial charge on any atom is -0.197 e. The summed E-state index contributed by atoms with van der Waals surface area (Å²) in [5.41, 5.74) is 0. The van der Waals surface area contributed by atoms with Crippen LogP contribution < -0.4 is 0 Å². The van der Waals surface area contributed by atoms with Crippen molar-refractivity contribution in [2.45, 2.75) is 4.58 Å². The normalized spacial score (nSPS) is 21.8. The molecule has 3 rings (SSSR count). The third-order valence-corrected chi connectivity index (χ3v) is 9.26.